The standard InChI is InChI=1S/C18H26O4SSi.C15H18O4S/c1-18(17(19)22-2,23(3,20)21)13-11-15-7-9-16(10-8-15)12-14-24(4,5)6;1-5-12-6-8-13(9-7-12)10-11-15(2,14(16)19-3)20(4,17)18/h7-10H,11,13H2,1-6H3;1,6-9H,10-11H2,2-4H3. The lowest BCUT2D eigenvalue weighted by atomic mass is 9.99. The van der Waals surface area contributed by atoms with E-state index in [1.807, 2.05) is 36.4 Å². The molecule has 0 saturated heterocycles. The smallest absolute Gasteiger partial charge is 0.326 e. The van der Waals surface area contributed by atoms with Gasteiger partial charge in [0.15, 0.2) is 29.2 Å². The van der Waals surface area contributed by atoms with E-state index in [1.165, 1.54) is 28.1 Å². The van der Waals surface area contributed by atoms with Gasteiger partial charge >= 0.3 is 11.9 Å². The molecule has 0 bridgehead atoms. The molecule has 2 unspecified atom stereocenters. The van der Waals surface area contributed by atoms with Crippen LogP contribution in [-0.2, 0) is 51.6 Å². The second-order valence-corrected chi connectivity index (χ2v) is 21.7. The predicted molar refractivity (Wildman–Crippen MR) is 178 cm³/mol. The molecule has 0 amide bonds. The molecule has 0 N–H and O–H groups in total. The van der Waals surface area contributed by atoms with E-state index >= 15 is 0 Å². The minimum atomic E-state index is -3.57. The van der Waals surface area contributed by atoms with Crippen molar-refractivity contribution in [1.29, 1.82) is 0 Å². The summed E-state index contributed by atoms with van der Waals surface area (Å²) in [6, 6.07) is 14.9. The van der Waals surface area contributed by atoms with Gasteiger partial charge in [-0.25, -0.2) is 16.8 Å². The van der Waals surface area contributed by atoms with Gasteiger partial charge in [-0.3, -0.25) is 9.59 Å². The minimum Gasteiger partial charge on any atom is -0.468 e. The summed E-state index contributed by atoms with van der Waals surface area (Å²) in [6.45, 7) is 9.37. The van der Waals surface area contributed by atoms with Crippen molar-refractivity contribution in [2.24, 2.45) is 0 Å². The van der Waals surface area contributed by atoms with Crippen molar-refractivity contribution >= 4 is 39.7 Å². The molecule has 2 aromatic carbocycles. The molecule has 0 aromatic heterocycles. The van der Waals surface area contributed by atoms with Crippen LogP contribution in [0.1, 0.15) is 48.9 Å². The molecule has 2 rings (SSSR count). The third kappa shape index (κ3) is 11.0. The Bertz CT molecular complexity index is 1620. The maximum atomic E-state index is 12.0. The summed E-state index contributed by atoms with van der Waals surface area (Å²) >= 11 is 0. The van der Waals surface area contributed by atoms with Crippen molar-refractivity contribution in [1.82, 2.24) is 0 Å². The van der Waals surface area contributed by atoms with Crippen molar-refractivity contribution in [3.63, 3.8) is 0 Å². The molecule has 0 spiro atoms. The van der Waals surface area contributed by atoms with Gasteiger partial charge in [-0.2, -0.15) is 0 Å². The Morgan fingerprint density at radius 3 is 1.34 bits per heavy atom. The Labute approximate surface area is 264 Å². The number of terminal acetylenes is 1. The normalized spacial score (nSPS) is 14.2. The number of hydrogen-bond donors (Lipinski definition) is 0. The summed E-state index contributed by atoms with van der Waals surface area (Å²) in [6.07, 6.45) is 8.64. The lowest BCUT2D eigenvalue weighted by molar-refractivity contribution is -0.144. The first kappa shape index (κ1) is 38.6. The van der Waals surface area contributed by atoms with Crippen LogP contribution in [0.2, 0.25) is 19.6 Å². The van der Waals surface area contributed by atoms with Crippen molar-refractivity contribution in [2.75, 3.05) is 26.7 Å². The molecule has 0 fully saturated rings. The van der Waals surface area contributed by atoms with Crippen molar-refractivity contribution in [3.8, 4) is 23.8 Å². The van der Waals surface area contributed by atoms with E-state index in [1.54, 1.807) is 12.1 Å². The van der Waals surface area contributed by atoms with E-state index in [0.29, 0.717) is 12.8 Å². The van der Waals surface area contributed by atoms with Gasteiger partial charge in [-0.15, -0.1) is 12.0 Å². The molecule has 0 heterocycles. The highest BCUT2D eigenvalue weighted by molar-refractivity contribution is 7.93. The Morgan fingerprint density at radius 1 is 0.727 bits per heavy atom. The fraction of sp³-hybridized carbons (Fsp3) is 0.455. The first-order valence-corrected chi connectivity index (χ1v) is 21.2. The van der Waals surface area contributed by atoms with Crippen LogP contribution in [0.3, 0.4) is 0 Å². The topological polar surface area (TPSA) is 121 Å². The van der Waals surface area contributed by atoms with E-state index in [4.69, 9.17) is 6.42 Å². The maximum absolute atomic E-state index is 12.0. The van der Waals surface area contributed by atoms with Gasteiger partial charge in [0.25, 0.3) is 0 Å². The zero-order valence-electron chi connectivity index (χ0n) is 27.1. The third-order valence-corrected chi connectivity index (χ3v) is 12.2. The lowest BCUT2D eigenvalue weighted by Gasteiger charge is -2.24. The number of hydrogen-bond acceptors (Lipinski definition) is 8. The number of ether oxygens (including phenoxy) is 2. The zero-order chi connectivity index (χ0) is 34.0. The molecule has 44 heavy (non-hydrogen) atoms. The Kier molecular flexibility index (Phi) is 13.7. The van der Waals surface area contributed by atoms with Gasteiger partial charge in [0, 0.05) is 23.6 Å². The highest BCUT2D eigenvalue weighted by Gasteiger charge is 2.45. The van der Waals surface area contributed by atoms with Crippen molar-refractivity contribution in [2.45, 2.75) is 68.7 Å². The molecule has 0 radical (unpaired) electrons. The van der Waals surface area contributed by atoms with E-state index in [0.717, 1.165) is 34.8 Å². The van der Waals surface area contributed by atoms with Gasteiger partial charge in [0.05, 0.1) is 14.2 Å². The molecule has 0 saturated carbocycles. The first-order valence-electron chi connectivity index (χ1n) is 13.9. The second kappa shape index (κ2) is 15.6. The molecule has 2 atom stereocenters. The van der Waals surface area contributed by atoms with E-state index < -0.39 is 49.2 Å². The van der Waals surface area contributed by atoms with Gasteiger partial charge in [-0.05, 0) is 74.9 Å². The molecule has 0 aliphatic heterocycles. The fourth-order valence-electron chi connectivity index (χ4n) is 3.86. The summed E-state index contributed by atoms with van der Waals surface area (Å²) in [7, 11) is -6.15. The van der Waals surface area contributed by atoms with Crippen LogP contribution in [0.15, 0.2) is 48.5 Å². The average Bonchev–Trinajstić information content (AvgIpc) is 2.96. The van der Waals surface area contributed by atoms with Crippen LogP contribution < -0.4 is 0 Å². The number of carbonyl (C=O) groups excluding carboxylic acids is 2. The largest absolute Gasteiger partial charge is 0.468 e. The first-order chi connectivity index (χ1) is 20.1. The van der Waals surface area contributed by atoms with E-state index in [-0.39, 0.29) is 12.8 Å². The molecule has 11 heteroatoms. The summed E-state index contributed by atoms with van der Waals surface area (Å²) in [4.78, 5) is 23.7. The number of esters is 2. The molecule has 8 nitrogen and oxygen atoms in total. The minimum absolute atomic E-state index is 0.161. The summed E-state index contributed by atoms with van der Waals surface area (Å²) < 4.78 is 53.9. The number of rotatable bonds is 10. The van der Waals surface area contributed by atoms with Crippen LogP contribution in [0, 0.1) is 23.8 Å². The zero-order valence-corrected chi connectivity index (χ0v) is 29.7. The second-order valence-electron chi connectivity index (χ2n) is 12.0. The van der Waals surface area contributed by atoms with E-state index in [9.17, 15) is 26.4 Å². The van der Waals surface area contributed by atoms with Crippen LogP contribution in [0.4, 0.5) is 0 Å². The fourth-order valence-corrected chi connectivity index (χ4v) is 6.09. The highest BCUT2D eigenvalue weighted by atomic mass is 32.2. The molecule has 0 aliphatic rings. The number of sulfone groups is 2. The maximum Gasteiger partial charge on any atom is 0.326 e. The van der Waals surface area contributed by atoms with Crippen LogP contribution in [-0.4, -0.2) is 73.1 Å². The average molecular weight is 661 g/mol. The molecule has 2 aromatic rings. The Morgan fingerprint density at radius 2 is 1.07 bits per heavy atom. The predicted octanol–water partition coefficient (Wildman–Crippen LogP) is 4.40. The number of aryl methyl sites for hydroxylation is 2. The SMILES string of the molecule is C#Cc1ccc(CCC(C)(C(=O)OC)S(C)(=O)=O)cc1.COC(=O)C(C)(CCc1ccc(C#C[Si](C)(C)C)cc1)S(C)(=O)=O. The molecule has 0 aliphatic carbocycles. The Hall–Kier alpha value is -3.38. The summed E-state index contributed by atoms with van der Waals surface area (Å²) in [5.74, 6) is 4.23. The van der Waals surface area contributed by atoms with Crippen molar-refractivity contribution in [3.05, 3.63) is 70.8 Å². The number of carbonyl (C=O) groups is 2. The van der Waals surface area contributed by atoms with Crippen molar-refractivity contribution < 1.29 is 35.9 Å². The lowest BCUT2D eigenvalue weighted by Crippen LogP contribution is -2.44. The van der Waals surface area contributed by atoms with Gasteiger partial charge < -0.3 is 9.47 Å². The van der Waals surface area contributed by atoms with Gasteiger partial charge in [-0.1, -0.05) is 55.7 Å². The molecule has 240 valence electrons. The van der Waals surface area contributed by atoms with Gasteiger partial charge in [0.2, 0.25) is 0 Å². The van der Waals surface area contributed by atoms with Crippen LogP contribution >= 0.6 is 0 Å². The van der Waals surface area contributed by atoms with E-state index in [2.05, 4.69) is 46.5 Å². The third-order valence-electron chi connectivity index (χ3n) is 7.31. The molecular formula is C33H44O8S2Si. The van der Waals surface area contributed by atoms with Gasteiger partial charge in [0.1, 0.15) is 8.07 Å². The quantitative estimate of drug-likeness (QED) is 0.209. The highest BCUT2D eigenvalue weighted by Crippen LogP contribution is 2.26. The number of methoxy groups -OCH3 is 2. The Balaban J connectivity index is 0.000000447. The summed E-state index contributed by atoms with van der Waals surface area (Å²) in [5, 5.41) is 0. The number of benzene rings is 2. The summed E-state index contributed by atoms with van der Waals surface area (Å²) in [5.41, 5.74) is 6.89. The monoisotopic (exact) mass is 660 g/mol. The molecular weight excluding hydrogens is 617 g/mol. The van der Waals surface area contributed by atoms with Crippen LogP contribution in [0.5, 0.6) is 0 Å². The van der Waals surface area contributed by atoms with Crippen LogP contribution in [0.25, 0.3) is 0 Å².